The Bertz CT molecular complexity index is 1180. The van der Waals surface area contributed by atoms with Gasteiger partial charge in [-0.2, -0.15) is 0 Å². The van der Waals surface area contributed by atoms with Gasteiger partial charge < -0.3 is 10.1 Å². The lowest BCUT2D eigenvalue weighted by Gasteiger charge is -2.04. The number of benzene rings is 2. The average Bonchev–Trinajstić information content (AvgIpc) is 3.25. The number of ketones is 1. The van der Waals surface area contributed by atoms with E-state index < -0.39 is 11.8 Å². The molecule has 4 rings (SSSR count). The number of hydrogen-bond donors (Lipinski definition) is 2. The molecule has 4 nitrogen and oxygen atoms in total. The summed E-state index contributed by atoms with van der Waals surface area (Å²) >= 11 is 1.29. The molecule has 0 radical (unpaired) electrons. The van der Waals surface area contributed by atoms with E-state index in [1.165, 1.54) is 29.5 Å². The predicted molar refractivity (Wildman–Crippen MR) is 103 cm³/mol. The van der Waals surface area contributed by atoms with Crippen LogP contribution in [-0.4, -0.2) is 21.8 Å². The van der Waals surface area contributed by atoms with Crippen LogP contribution in [0.4, 0.5) is 4.39 Å². The number of carboxylic acids is 1. The van der Waals surface area contributed by atoms with Crippen LogP contribution in [-0.2, 0) is 6.42 Å². The maximum atomic E-state index is 13.4. The lowest BCUT2D eigenvalue weighted by atomic mass is 9.99. The molecule has 0 aliphatic carbocycles. The molecule has 0 aliphatic heterocycles. The van der Waals surface area contributed by atoms with Crippen LogP contribution in [0.25, 0.3) is 21.3 Å². The van der Waals surface area contributed by atoms with Gasteiger partial charge in [-0.05, 0) is 29.1 Å². The number of carbonyl (C=O) groups is 2. The van der Waals surface area contributed by atoms with Crippen LogP contribution >= 0.6 is 11.3 Å². The number of carbonyl (C=O) groups excluding carboxylic acids is 1. The fourth-order valence-electron chi connectivity index (χ4n) is 3.15. The monoisotopic (exact) mass is 379 g/mol. The first kappa shape index (κ1) is 17.2. The van der Waals surface area contributed by atoms with Crippen LogP contribution < -0.4 is 0 Å². The van der Waals surface area contributed by atoms with Crippen LogP contribution in [0.5, 0.6) is 0 Å². The van der Waals surface area contributed by atoms with Crippen LogP contribution in [0.2, 0.25) is 0 Å². The molecule has 2 aromatic heterocycles. The second kappa shape index (κ2) is 6.81. The van der Waals surface area contributed by atoms with Crippen molar-refractivity contribution in [2.24, 2.45) is 0 Å². The van der Waals surface area contributed by atoms with Crippen molar-refractivity contribution < 1.29 is 19.1 Å². The maximum absolute atomic E-state index is 13.4. The Morgan fingerprint density at radius 3 is 2.70 bits per heavy atom. The smallest absolute Gasteiger partial charge is 0.337 e. The highest BCUT2D eigenvalue weighted by molar-refractivity contribution is 7.14. The van der Waals surface area contributed by atoms with E-state index in [0.717, 1.165) is 22.5 Å². The lowest BCUT2D eigenvalue weighted by molar-refractivity contribution is 0.0697. The van der Waals surface area contributed by atoms with E-state index in [1.54, 1.807) is 11.6 Å². The van der Waals surface area contributed by atoms with Gasteiger partial charge in [0, 0.05) is 34.6 Å². The number of thiophene rings is 1. The third kappa shape index (κ3) is 3.15. The number of hydrogen-bond acceptors (Lipinski definition) is 3. The van der Waals surface area contributed by atoms with Gasteiger partial charge in [-0.3, -0.25) is 4.79 Å². The van der Waals surface area contributed by atoms with Gasteiger partial charge in [-0.15, -0.1) is 11.3 Å². The summed E-state index contributed by atoms with van der Waals surface area (Å²) in [6.45, 7) is 0. The first-order valence-corrected chi connectivity index (χ1v) is 9.11. The van der Waals surface area contributed by atoms with Crippen molar-refractivity contribution in [2.45, 2.75) is 6.42 Å². The molecule has 0 saturated heterocycles. The quantitative estimate of drug-likeness (QED) is 0.471. The molecule has 4 aromatic rings. The zero-order valence-corrected chi connectivity index (χ0v) is 14.8. The zero-order valence-electron chi connectivity index (χ0n) is 14.0. The average molecular weight is 379 g/mol. The van der Waals surface area contributed by atoms with Gasteiger partial charge in [0.25, 0.3) is 0 Å². The number of nitrogens with one attached hydrogen (secondary N) is 1. The molecule has 134 valence electrons. The molecular formula is C21H14FNO3S. The minimum absolute atomic E-state index is 0.0933. The van der Waals surface area contributed by atoms with Crippen molar-refractivity contribution in [1.29, 1.82) is 0 Å². The van der Waals surface area contributed by atoms with Crippen molar-refractivity contribution in [2.75, 3.05) is 0 Å². The number of Topliss-reactive ketones (excluding diaryl/α,β-unsaturated/α-hetero) is 1. The van der Waals surface area contributed by atoms with Gasteiger partial charge in [-0.25, -0.2) is 9.18 Å². The number of H-pyrrole nitrogens is 1. The van der Waals surface area contributed by atoms with Crippen molar-refractivity contribution in [3.63, 3.8) is 0 Å². The standard InChI is InChI=1S/C21H14FNO3S/c22-14-5-3-4-12(8-14)18(24)9-13-11-27-20(19(13)21(25)26)16-10-23-17-7-2-1-6-15(16)17/h1-8,10-11,23H,9H2,(H,25,26). The second-order valence-corrected chi connectivity index (χ2v) is 7.01. The molecule has 6 heteroatoms. The van der Waals surface area contributed by atoms with Gasteiger partial charge in [0.2, 0.25) is 0 Å². The molecule has 0 saturated carbocycles. The summed E-state index contributed by atoms with van der Waals surface area (Å²) in [7, 11) is 0. The van der Waals surface area contributed by atoms with Gasteiger partial charge in [-0.1, -0.05) is 30.3 Å². The molecule has 2 N–H and O–H groups in total. The minimum Gasteiger partial charge on any atom is -0.478 e. The molecule has 0 unspecified atom stereocenters. The number of rotatable bonds is 5. The number of fused-ring (bicyclic) bond motifs is 1. The van der Waals surface area contributed by atoms with Crippen molar-refractivity contribution in [3.05, 3.63) is 82.6 Å². The summed E-state index contributed by atoms with van der Waals surface area (Å²) in [5.41, 5.74) is 2.48. The van der Waals surface area contributed by atoms with Crippen LogP contribution in [0, 0.1) is 5.82 Å². The highest BCUT2D eigenvalue weighted by Gasteiger charge is 2.23. The highest BCUT2D eigenvalue weighted by Crippen LogP contribution is 2.37. The summed E-state index contributed by atoms with van der Waals surface area (Å²) in [6.07, 6.45) is 1.69. The fraction of sp³-hybridized carbons (Fsp3) is 0.0476. The van der Waals surface area contributed by atoms with E-state index in [4.69, 9.17) is 0 Å². The first-order chi connectivity index (χ1) is 13.0. The van der Waals surface area contributed by atoms with Crippen molar-refractivity contribution in [1.82, 2.24) is 4.98 Å². The Morgan fingerprint density at radius 2 is 1.93 bits per heavy atom. The van der Waals surface area contributed by atoms with Gasteiger partial charge in [0.1, 0.15) is 5.82 Å². The number of aromatic nitrogens is 1. The summed E-state index contributed by atoms with van der Waals surface area (Å²) in [5.74, 6) is -1.90. The Kier molecular flexibility index (Phi) is 4.33. The van der Waals surface area contributed by atoms with E-state index >= 15 is 0 Å². The molecular weight excluding hydrogens is 365 g/mol. The van der Waals surface area contributed by atoms with E-state index in [2.05, 4.69) is 4.98 Å². The predicted octanol–water partition coefficient (Wildman–Crippen LogP) is 5.16. The molecule has 2 heterocycles. The van der Waals surface area contributed by atoms with Gasteiger partial charge >= 0.3 is 5.97 Å². The number of aromatic amines is 1. The van der Waals surface area contributed by atoms with E-state index in [0.29, 0.717) is 10.4 Å². The highest BCUT2D eigenvalue weighted by atomic mass is 32.1. The Labute approximate surface area is 157 Å². The number of halogens is 1. The number of carboxylic acid groups (broad SMARTS) is 1. The summed E-state index contributed by atoms with van der Waals surface area (Å²) in [5, 5.41) is 12.4. The lowest BCUT2D eigenvalue weighted by Crippen LogP contribution is -2.08. The molecule has 0 atom stereocenters. The molecule has 2 aromatic carbocycles. The number of para-hydroxylation sites is 1. The summed E-state index contributed by atoms with van der Waals surface area (Å²) in [6, 6.07) is 13.0. The third-order valence-corrected chi connectivity index (χ3v) is 5.47. The largest absolute Gasteiger partial charge is 0.478 e. The minimum atomic E-state index is -1.08. The molecule has 0 aliphatic rings. The van der Waals surface area contributed by atoms with Gasteiger partial charge in [0.05, 0.1) is 10.4 Å². The fourth-order valence-corrected chi connectivity index (χ4v) is 4.25. The Balaban J connectivity index is 1.75. The zero-order chi connectivity index (χ0) is 19.0. The van der Waals surface area contributed by atoms with E-state index in [-0.39, 0.29) is 23.3 Å². The molecule has 0 amide bonds. The summed E-state index contributed by atoms with van der Waals surface area (Å²) < 4.78 is 13.4. The SMILES string of the molecule is O=C(Cc1csc(-c2c[nH]c3ccccc23)c1C(=O)O)c1cccc(F)c1. The molecule has 0 fully saturated rings. The van der Waals surface area contributed by atoms with Crippen molar-refractivity contribution in [3.8, 4) is 10.4 Å². The van der Waals surface area contributed by atoms with E-state index in [1.807, 2.05) is 24.3 Å². The van der Waals surface area contributed by atoms with E-state index in [9.17, 15) is 19.1 Å². The van der Waals surface area contributed by atoms with Crippen LogP contribution in [0.1, 0.15) is 26.3 Å². The summed E-state index contributed by atoms with van der Waals surface area (Å²) in [4.78, 5) is 28.2. The van der Waals surface area contributed by atoms with Crippen molar-refractivity contribution >= 4 is 34.0 Å². The topological polar surface area (TPSA) is 70.2 Å². The molecule has 0 bridgehead atoms. The third-order valence-electron chi connectivity index (χ3n) is 4.41. The maximum Gasteiger partial charge on any atom is 0.337 e. The Hall–Kier alpha value is -3.25. The van der Waals surface area contributed by atoms with Gasteiger partial charge in [0.15, 0.2) is 5.78 Å². The van der Waals surface area contributed by atoms with Crippen LogP contribution in [0.3, 0.4) is 0 Å². The first-order valence-electron chi connectivity index (χ1n) is 8.23. The second-order valence-electron chi connectivity index (χ2n) is 6.13. The molecule has 27 heavy (non-hydrogen) atoms. The molecule has 0 spiro atoms. The number of aromatic carboxylic acids is 1. The normalized spacial score (nSPS) is 11.0. The van der Waals surface area contributed by atoms with Crippen LogP contribution in [0.15, 0.2) is 60.1 Å². The Morgan fingerprint density at radius 1 is 1.11 bits per heavy atom.